The van der Waals surface area contributed by atoms with Crippen molar-refractivity contribution in [2.24, 2.45) is 0 Å². The van der Waals surface area contributed by atoms with Crippen molar-refractivity contribution in [2.75, 3.05) is 11.1 Å². The first-order chi connectivity index (χ1) is 9.06. The number of nitrogens with two attached hydrogens (primary N) is 1. The molecule has 1 heterocycles. The summed E-state index contributed by atoms with van der Waals surface area (Å²) in [5.74, 6) is -2.15. The van der Waals surface area contributed by atoms with Gasteiger partial charge in [0.2, 0.25) is 0 Å². The molecule has 1 aromatic carbocycles. The highest BCUT2D eigenvalue weighted by molar-refractivity contribution is 7.99. The molecule has 2 rings (SSSR count). The van der Waals surface area contributed by atoms with Gasteiger partial charge >= 0.3 is 0 Å². The quantitative estimate of drug-likeness (QED) is 0.650. The Kier molecular flexibility index (Phi) is 4.44. The summed E-state index contributed by atoms with van der Waals surface area (Å²) in [5.41, 5.74) is 6.65. The molecule has 0 amide bonds. The van der Waals surface area contributed by atoms with E-state index < -0.39 is 5.76 Å². The Hall–Kier alpha value is -1.53. The fraction of sp³-hybridized carbons (Fsp3) is 0.0833. The van der Waals surface area contributed by atoms with E-state index >= 15 is 0 Å². The molecule has 7 heteroatoms. The Morgan fingerprint density at radius 1 is 1.21 bits per heavy atom. The van der Waals surface area contributed by atoms with E-state index in [9.17, 15) is 8.78 Å². The highest BCUT2D eigenvalue weighted by Gasteiger charge is 2.11. The van der Waals surface area contributed by atoms with Gasteiger partial charge in [-0.05, 0) is 24.3 Å². The molecule has 0 spiro atoms. The maximum atomic E-state index is 12.5. The second kappa shape index (κ2) is 6.08. The summed E-state index contributed by atoms with van der Waals surface area (Å²) < 4.78 is 24.9. The molecular formula is C12H10ClF2N3S. The number of thioether (sulfide) groups is 1. The number of anilines is 3. The highest BCUT2D eigenvalue weighted by Crippen LogP contribution is 2.34. The second-order valence-electron chi connectivity index (χ2n) is 3.57. The Morgan fingerprint density at radius 2 is 1.95 bits per heavy atom. The van der Waals surface area contributed by atoms with E-state index in [1.165, 1.54) is 0 Å². The average molecular weight is 302 g/mol. The molecule has 0 unspecified atom stereocenters. The summed E-state index contributed by atoms with van der Waals surface area (Å²) >= 11 is 6.23. The van der Waals surface area contributed by atoms with Crippen LogP contribution < -0.4 is 11.1 Å². The van der Waals surface area contributed by atoms with Gasteiger partial charge in [-0.25, -0.2) is 4.98 Å². The van der Waals surface area contributed by atoms with E-state index in [1.807, 2.05) is 0 Å². The predicted molar refractivity (Wildman–Crippen MR) is 75.2 cm³/mol. The molecular weight excluding hydrogens is 292 g/mol. The summed E-state index contributed by atoms with van der Waals surface area (Å²) in [5, 5.41) is 3.19. The van der Waals surface area contributed by atoms with Crippen molar-refractivity contribution >= 4 is 40.6 Å². The number of alkyl halides is 2. The molecule has 0 saturated carbocycles. The molecule has 100 valence electrons. The van der Waals surface area contributed by atoms with Crippen molar-refractivity contribution in [3.05, 3.63) is 41.6 Å². The minimum atomic E-state index is -2.49. The summed E-state index contributed by atoms with van der Waals surface area (Å²) in [6, 6.07) is 9.85. The number of nitrogen functional groups attached to an aromatic ring is 1. The maximum absolute atomic E-state index is 12.5. The van der Waals surface area contributed by atoms with Crippen LogP contribution in [0.1, 0.15) is 0 Å². The molecule has 3 N–H and O–H groups in total. The maximum Gasteiger partial charge on any atom is 0.288 e. The fourth-order valence-corrected chi connectivity index (χ4v) is 2.19. The third-order valence-corrected chi connectivity index (χ3v) is 3.25. The Bertz CT molecular complexity index is 581. The predicted octanol–water partition coefficient (Wildman–Crippen LogP) is 4.38. The van der Waals surface area contributed by atoms with Crippen molar-refractivity contribution in [3.8, 4) is 0 Å². The van der Waals surface area contributed by atoms with Gasteiger partial charge in [0, 0.05) is 4.90 Å². The van der Waals surface area contributed by atoms with Gasteiger partial charge in [-0.15, -0.1) is 0 Å². The summed E-state index contributed by atoms with van der Waals surface area (Å²) in [4.78, 5) is 4.44. The number of pyridine rings is 1. The molecule has 19 heavy (non-hydrogen) atoms. The SMILES string of the molecule is Nc1ccc(Cl)nc1Nc1ccccc1SC(F)F. The summed E-state index contributed by atoms with van der Waals surface area (Å²) in [6.07, 6.45) is 0. The van der Waals surface area contributed by atoms with Gasteiger partial charge < -0.3 is 11.1 Å². The monoisotopic (exact) mass is 301 g/mol. The lowest BCUT2D eigenvalue weighted by Gasteiger charge is -2.12. The zero-order valence-corrected chi connectivity index (χ0v) is 11.2. The highest BCUT2D eigenvalue weighted by atomic mass is 35.5. The molecule has 0 aliphatic carbocycles. The Balaban J connectivity index is 2.30. The van der Waals surface area contributed by atoms with Gasteiger partial charge in [-0.3, -0.25) is 0 Å². The van der Waals surface area contributed by atoms with Crippen LogP contribution >= 0.6 is 23.4 Å². The Morgan fingerprint density at radius 3 is 2.68 bits per heavy atom. The van der Waals surface area contributed by atoms with Crippen LogP contribution in [0, 0.1) is 0 Å². The zero-order valence-electron chi connectivity index (χ0n) is 9.61. The first kappa shape index (κ1) is 13.9. The molecule has 2 aromatic rings. The third-order valence-electron chi connectivity index (χ3n) is 2.25. The molecule has 0 aliphatic heterocycles. The number of aromatic nitrogens is 1. The van der Waals surface area contributed by atoms with Gasteiger partial charge in [-0.1, -0.05) is 35.5 Å². The number of halogens is 3. The minimum absolute atomic E-state index is 0.274. The lowest BCUT2D eigenvalue weighted by molar-refractivity contribution is 0.252. The molecule has 3 nitrogen and oxygen atoms in total. The van der Waals surface area contributed by atoms with Crippen molar-refractivity contribution in [1.82, 2.24) is 4.98 Å². The second-order valence-corrected chi connectivity index (χ2v) is 4.99. The smallest absolute Gasteiger partial charge is 0.288 e. The number of hydrogen-bond donors (Lipinski definition) is 2. The van der Waals surface area contributed by atoms with E-state index in [-0.39, 0.29) is 5.15 Å². The van der Waals surface area contributed by atoms with Gasteiger partial charge in [0.1, 0.15) is 5.15 Å². The molecule has 0 radical (unpaired) electrons. The average Bonchev–Trinajstić information content (AvgIpc) is 2.35. The van der Waals surface area contributed by atoms with Crippen LogP contribution in [0.3, 0.4) is 0 Å². The molecule has 0 saturated heterocycles. The van der Waals surface area contributed by atoms with E-state index in [0.29, 0.717) is 33.9 Å². The number of hydrogen-bond acceptors (Lipinski definition) is 4. The summed E-state index contributed by atoms with van der Waals surface area (Å²) in [7, 11) is 0. The molecule has 0 atom stereocenters. The van der Waals surface area contributed by atoms with Crippen LogP contribution in [0.2, 0.25) is 5.15 Å². The zero-order chi connectivity index (χ0) is 13.8. The van der Waals surface area contributed by atoms with Crippen LogP contribution in [0.5, 0.6) is 0 Å². The topological polar surface area (TPSA) is 50.9 Å². The third kappa shape index (κ3) is 3.71. The lowest BCUT2D eigenvalue weighted by atomic mass is 10.3. The number of para-hydroxylation sites is 1. The van der Waals surface area contributed by atoms with Crippen LogP contribution in [-0.4, -0.2) is 10.7 Å². The number of nitrogens with zero attached hydrogens (tertiary/aromatic N) is 1. The van der Waals surface area contributed by atoms with Crippen LogP contribution in [0.25, 0.3) is 0 Å². The van der Waals surface area contributed by atoms with Crippen molar-refractivity contribution in [3.63, 3.8) is 0 Å². The van der Waals surface area contributed by atoms with Crippen molar-refractivity contribution in [1.29, 1.82) is 0 Å². The summed E-state index contributed by atoms with van der Waals surface area (Å²) in [6.45, 7) is 0. The van der Waals surface area contributed by atoms with E-state index in [4.69, 9.17) is 17.3 Å². The Labute approximate surface area is 118 Å². The minimum Gasteiger partial charge on any atom is -0.396 e. The number of nitrogens with one attached hydrogen (secondary N) is 1. The van der Waals surface area contributed by atoms with Crippen molar-refractivity contribution in [2.45, 2.75) is 10.7 Å². The number of benzene rings is 1. The van der Waals surface area contributed by atoms with Gasteiger partial charge in [0.25, 0.3) is 5.76 Å². The van der Waals surface area contributed by atoms with E-state index in [1.54, 1.807) is 36.4 Å². The molecule has 0 fully saturated rings. The first-order valence-corrected chi connectivity index (χ1v) is 6.55. The van der Waals surface area contributed by atoms with Gasteiger partial charge in [0.05, 0.1) is 11.4 Å². The van der Waals surface area contributed by atoms with Crippen LogP contribution in [-0.2, 0) is 0 Å². The lowest BCUT2D eigenvalue weighted by Crippen LogP contribution is -2.00. The van der Waals surface area contributed by atoms with Crippen LogP contribution in [0.4, 0.5) is 26.0 Å². The molecule has 0 aliphatic rings. The van der Waals surface area contributed by atoms with Gasteiger partial charge in [-0.2, -0.15) is 8.78 Å². The first-order valence-electron chi connectivity index (χ1n) is 5.29. The molecule has 1 aromatic heterocycles. The van der Waals surface area contributed by atoms with Crippen molar-refractivity contribution < 1.29 is 8.78 Å². The fourth-order valence-electron chi connectivity index (χ4n) is 1.44. The van der Waals surface area contributed by atoms with E-state index in [2.05, 4.69) is 10.3 Å². The molecule has 0 bridgehead atoms. The standard InChI is InChI=1S/C12H10ClF2N3S/c13-10-6-5-7(16)11(18-10)17-8-3-1-2-4-9(8)19-12(14)15/h1-6,12H,16H2,(H,17,18). The van der Waals surface area contributed by atoms with E-state index in [0.717, 1.165) is 0 Å². The largest absolute Gasteiger partial charge is 0.396 e. The number of rotatable bonds is 4. The van der Waals surface area contributed by atoms with Gasteiger partial charge in [0.15, 0.2) is 5.82 Å². The normalized spacial score (nSPS) is 10.7. The van der Waals surface area contributed by atoms with Crippen LogP contribution in [0.15, 0.2) is 41.3 Å².